The van der Waals surface area contributed by atoms with Gasteiger partial charge in [0.15, 0.2) is 0 Å². The smallest absolute Gasteiger partial charge is 0.118 e. The number of benzene rings is 1. The molecule has 0 saturated heterocycles. The van der Waals surface area contributed by atoms with E-state index in [-0.39, 0.29) is 5.76 Å². The van der Waals surface area contributed by atoms with Crippen molar-refractivity contribution in [2.45, 2.75) is 6.92 Å². The zero-order valence-electron chi connectivity index (χ0n) is 7.24. The quantitative estimate of drug-likeness (QED) is 0.681. The molecule has 0 unspecified atom stereocenters. The molecule has 0 aliphatic rings. The van der Waals surface area contributed by atoms with Crippen LogP contribution < -0.4 is 4.74 Å². The van der Waals surface area contributed by atoms with Crippen LogP contribution in [0.15, 0.2) is 30.3 Å². The molecule has 64 valence electrons. The molecule has 0 saturated carbocycles. The molecule has 0 fully saturated rings. The maximum atomic E-state index is 9.31. The summed E-state index contributed by atoms with van der Waals surface area (Å²) in [5, 5.41) is 9.31. The van der Waals surface area contributed by atoms with Crippen LogP contribution in [0.4, 0.5) is 0 Å². The van der Waals surface area contributed by atoms with Crippen LogP contribution >= 0.6 is 0 Å². The first-order chi connectivity index (χ1) is 5.77. The van der Waals surface area contributed by atoms with E-state index < -0.39 is 0 Å². The summed E-state index contributed by atoms with van der Waals surface area (Å²) in [7, 11) is 1.62. The first kappa shape index (κ1) is 8.65. The third-order valence-corrected chi connectivity index (χ3v) is 1.66. The van der Waals surface area contributed by atoms with Crippen molar-refractivity contribution in [3.63, 3.8) is 0 Å². The SMILES string of the molecule is CC=C(O)c1ccc(OC)cc1. The van der Waals surface area contributed by atoms with Gasteiger partial charge >= 0.3 is 0 Å². The summed E-state index contributed by atoms with van der Waals surface area (Å²) in [6, 6.07) is 7.26. The van der Waals surface area contributed by atoms with E-state index in [1.807, 2.05) is 24.3 Å². The van der Waals surface area contributed by atoms with Crippen LogP contribution in [0.1, 0.15) is 12.5 Å². The van der Waals surface area contributed by atoms with Gasteiger partial charge in [0.25, 0.3) is 0 Å². The monoisotopic (exact) mass is 164 g/mol. The number of rotatable bonds is 2. The highest BCUT2D eigenvalue weighted by Gasteiger charge is 1.96. The van der Waals surface area contributed by atoms with Crippen molar-refractivity contribution < 1.29 is 9.84 Å². The molecule has 1 N–H and O–H groups in total. The predicted molar refractivity (Wildman–Crippen MR) is 49.3 cm³/mol. The highest BCUT2D eigenvalue weighted by Crippen LogP contribution is 2.16. The third-order valence-electron chi connectivity index (χ3n) is 1.66. The Morgan fingerprint density at radius 3 is 2.33 bits per heavy atom. The molecule has 1 rings (SSSR count). The van der Waals surface area contributed by atoms with Gasteiger partial charge in [-0.05, 0) is 37.3 Å². The first-order valence-electron chi connectivity index (χ1n) is 3.77. The highest BCUT2D eigenvalue weighted by atomic mass is 16.5. The van der Waals surface area contributed by atoms with Crippen LogP contribution in [-0.4, -0.2) is 12.2 Å². The summed E-state index contributed by atoms with van der Waals surface area (Å²) >= 11 is 0. The minimum atomic E-state index is 0.289. The minimum Gasteiger partial charge on any atom is -0.508 e. The van der Waals surface area contributed by atoms with Crippen molar-refractivity contribution in [2.75, 3.05) is 7.11 Å². The molecule has 12 heavy (non-hydrogen) atoms. The van der Waals surface area contributed by atoms with Gasteiger partial charge in [-0.3, -0.25) is 0 Å². The normalized spacial score (nSPS) is 11.3. The topological polar surface area (TPSA) is 29.5 Å². The molecule has 0 amide bonds. The molecular weight excluding hydrogens is 152 g/mol. The Labute approximate surface area is 72.1 Å². The zero-order valence-corrected chi connectivity index (χ0v) is 7.24. The van der Waals surface area contributed by atoms with E-state index in [0.717, 1.165) is 11.3 Å². The lowest BCUT2D eigenvalue weighted by Crippen LogP contribution is -1.84. The van der Waals surface area contributed by atoms with Gasteiger partial charge < -0.3 is 9.84 Å². The summed E-state index contributed by atoms with van der Waals surface area (Å²) in [4.78, 5) is 0. The van der Waals surface area contributed by atoms with Crippen LogP contribution in [0.25, 0.3) is 5.76 Å². The molecule has 0 bridgehead atoms. The Morgan fingerprint density at radius 2 is 1.92 bits per heavy atom. The number of aliphatic hydroxyl groups excluding tert-OH is 1. The summed E-state index contributed by atoms with van der Waals surface area (Å²) in [5.74, 6) is 1.08. The maximum absolute atomic E-state index is 9.31. The zero-order chi connectivity index (χ0) is 8.97. The number of allylic oxidation sites excluding steroid dienone is 1. The van der Waals surface area contributed by atoms with Crippen LogP contribution in [0.3, 0.4) is 0 Å². The maximum Gasteiger partial charge on any atom is 0.118 e. The van der Waals surface area contributed by atoms with Crippen LogP contribution in [0, 0.1) is 0 Å². The van der Waals surface area contributed by atoms with Gasteiger partial charge in [-0.25, -0.2) is 0 Å². The Bertz CT molecular complexity index is 272. The summed E-state index contributed by atoms with van der Waals surface area (Å²) < 4.78 is 4.98. The van der Waals surface area contributed by atoms with Crippen molar-refractivity contribution in [3.8, 4) is 5.75 Å². The molecule has 2 nitrogen and oxygen atoms in total. The van der Waals surface area contributed by atoms with E-state index in [1.165, 1.54) is 0 Å². The van der Waals surface area contributed by atoms with Gasteiger partial charge in [0.2, 0.25) is 0 Å². The van der Waals surface area contributed by atoms with Crippen molar-refractivity contribution in [1.82, 2.24) is 0 Å². The molecule has 1 aromatic rings. The van der Waals surface area contributed by atoms with Gasteiger partial charge in [0, 0.05) is 5.56 Å². The van der Waals surface area contributed by atoms with Crippen LogP contribution in [0.2, 0.25) is 0 Å². The second-order valence-electron chi connectivity index (χ2n) is 2.40. The molecule has 0 aliphatic carbocycles. The average molecular weight is 164 g/mol. The van der Waals surface area contributed by atoms with E-state index >= 15 is 0 Å². The number of hydrogen-bond acceptors (Lipinski definition) is 2. The van der Waals surface area contributed by atoms with Crippen molar-refractivity contribution in [2.24, 2.45) is 0 Å². The van der Waals surface area contributed by atoms with Gasteiger partial charge in [-0.2, -0.15) is 0 Å². The summed E-state index contributed by atoms with van der Waals surface area (Å²) in [6.45, 7) is 1.79. The number of hydrogen-bond donors (Lipinski definition) is 1. The molecule has 0 aromatic heterocycles. The Balaban J connectivity index is 2.92. The molecule has 0 spiro atoms. The molecule has 0 radical (unpaired) electrons. The number of methoxy groups -OCH3 is 1. The molecule has 1 aromatic carbocycles. The average Bonchev–Trinajstić information content (AvgIpc) is 2.17. The first-order valence-corrected chi connectivity index (χ1v) is 3.77. The minimum absolute atomic E-state index is 0.289. The lowest BCUT2D eigenvalue weighted by atomic mass is 10.2. The number of ether oxygens (including phenoxy) is 1. The van der Waals surface area contributed by atoms with E-state index in [1.54, 1.807) is 20.1 Å². The number of aliphatic hydroxyl groups is 1. The highest BCUT2D eigenvalue weighted by molar-refractivity contribution is 5.58. The lowest BCUT2D eigenvalue weighted by molar-refractivity contribution is 0.414. The fraction of sp³-hybridized carbons (Fsp3) is 0.200. The standard InChI is InChI=1S/C10H12O2/c1-3-10(11)8-4-6-9(12-2)7-5-8/h3-7,11H,1-2H3. The van der Waals surface area contributed by atoms with Gasteiger partial charge in [0.05, 0.1) is 7.11 Å². The van der Waals surface area contributed by atoms with E-state index in [4.69, 9.17) is 4.74 Å². The van der Waals surface area contributed by atoms with E-state index in [9.17, 15) is 5.11 Å². The van der Waals surface area contributed by atoms with Gasteiger partial charge in [0.1, 0.15) is 11.5 Å². The fourth-order valence-electron chi connectivity index (χ4n) is 0.928. The van der Waals surface area contributed by atoms with E-state index in [0.29, 0.717) is 0 Å². The Kier molecular flexibility index (Phi) is 2.75. The molecule has 0 heterocycles. The molecule has 0 aliphatic heterocycles. The van der Waals surface area contributed by atoms with Crippen molar-refractivity contribution in [3.05, 3.63) is 35.9 Å². The Morgan fingerprint density at radius 1 is 1.33 bits per heavy atom. The van der Waals surface area contributed by atoms with E-state index in [2.05, 4.69) is 0 Å². The van der Waals surface area contributed by atoms with Gasteiger partial charge in [-0.1, -0.05) is 0 Å². The molecule has 0 atom stereocenters. The summed E-state index contributed by atoms with van der Waals surface area (Å²) in [5.41, 5.74) is 0.804. The van der Waals surface area contributed by atoms with Crippen molar-refractivity contribution in [1.29, 1.82) is 0 Å². The van der Waals surface area contributed by atoms with Gasteiger partial charge in [-0.15, -0.1) is 0 Å². The second-order valence-corrected chi connectivity index (χ2v) is 2.40. The second kappa shape index (κ2) is 3.81. The van der Waals surface area contributed by atoms with Crippen LogP contribution in [0.5, 0.6) is 5.75 Å². The largest absolute Gasteiger partial charge is 0.508 e. The van der Waals surface area contributed by atoms with Crippen LogP contribution in [-0.2, 0) is 0 Å². The fourth-order valence-corrected chi connectivity index (χ4v) is 0.928. The molecule has 2 heteroatoms. The van der Waals surface area contributed by atoms with Crippen molar-refractivity contribution >= 4 is 5.76 Å². The summed E-state index contributed by atoms with van der Waals surface area (Å²) in [6.07, 6.45) is 1.65. The molecular formula is C10H12O2. The predicted octanol–water partition coefficient (Wildman–Crippen LogP) is 2.61. The lowest BCUT2D eigenvalue weighted by Gasteiger charge is -2.01. The Hall–Kier alpha value is -1.44. The third kappa shape index (κ3) is 1.78.